The molecule has 4 aromatic heterocycles. The summed E-state index contributed by atoms with van der Waals surface area (Å²) in [5.74, 6) is 3.00. The highest BCUT2D eigenvalue weighted by molar-refractivity contribution is 7.98. The Morgan fingerprint density at radius 2 is 1.32 bits per heavy atom. The highest BCUT2D eigenvalue weighted by Crippen LogP contribution is 2.43. The average molecular weight is 573 g/mol. The summed E-state index contributed by atoms with van der Waals surface area (Å²) in [5, 5.41) is 8.39. The van der Waals surface area contributed by atoms with E-state index in [1.165, 1.54) is 4.88 Å². The van der Waals surface area contributed by atoms with Gasteiger partial charge in [0.25, 0.3) is 0 Å². The lowest BCUT2D eigenvalue weighted by Crippen LogP contribution is -2.09. The summed E-state index contributed by atoms with van der Waals surface area (Å²) >= 11 is 5.13. The Labute approximate surface area is 237 Å². The third-order valence-electron chi connectivity index (χ3n) is 4.95. The Morgan fingerprint density at radius 3 is 1.95 bits per heavy atom. The summed E-state index contributed by atoms with van der Waals surface area (Å²) < 4.78 is 5.59. The van der Waals surface area contributed by atoms with Crippen molar-refractivity contribution in [2.24, 2.45) is 0 Å². The van der Waals surface area contributed by atoms with E-state index < -0.39 is 0 Å². The van der Waals surface area contributed by atoms with E-state index in [0.29, 0.717) is 18.5 Å². The van der Waals surface area contributed by atoms with Gasteiger partial charge in [-0.1, -0.05) is 27.7 Å². The molecule has 6 heterocycles. The predicted octanol–water partition coefficient (Wildman–Crippen LogP) is 7.23. The summed E-state index contributed by atoms with van der Waals surface area (Å²) in [6.45, 7) is 18.2. The number of aromatic nitrogens is 6. The number of anilines is 2. The van der Waals surface area contributed by atoms with Crippen LogP contribution in [0.4, 0.5) is 11.9 Å². The summed E-state index contributed by atoms with van der Waals surface area (Å²) in [7, 11) is 0. The number of hydrogen-bond donors (Lipinski definition) is 2. The Balaban J connectivity index is 0.000000187. The van der Waals surface area contributed by atoms with Gasteiger partial charge in [-0.05, 0) is 27.7 Å². The molecule has 0 radical (unpaired) electrons. The number of nitrogens with zero attached hydrogens (tertiary/aromatic N) is 6. The van der Waals surface area contributed by atoms with Gasteiger partial charge in [0.05, 0.1) is 42.2 Å². The molecule has 0 saturated heterocycles. The van der Waals surface area contributed by atoms with Crippen molar-refractivity contribution in [3.63, 3.8) is 0 Å². The van der Waals surface area contributed by atoms with Crippen molar-refractivity contribution in [1.29, 1.82) is 0 Å². The number of aryl methyl sites for hydroxylation is 2. The highest BCUT2D eigenvalue weighted by Gasteiger charge is 2.24. The van der Waals surface area contributed by atoms with Crippen LogP contribution in [-0.2, 0) is 12.4 Å². The number of ether oxygens (including phenoxy) is 1. The lowest BCUT2D eigenvalue weighted by atomic mass is 10.2. The molecule has 0 spiro atoms. The van der Waals surface area contributed by atoms with Crippen LogP contribution in [0.1, 0.15) is 62.9 Å². The minimum absolute atomic E-state index is 0.511. The lowest BCUT2D eigenvalue weighted by Gasteiger charge is -2.15. The standard InChI is InChI=1S/C11H12N4OS.C11H12N4S2.2C2H6/c2*1-3-12-11-13-4-8-9(15-11)10-7(5-16-8)14-6(2)17-10;2*1-2/h2*4H,3,5H2,1-2H3,(H,12,13,15);2*1-2H3. The second kappa shape index (κ2) is 14.4. The molecule has 0 aliphatic carbocycles. The largest absolute Gasteiger partial charge is 0.483 e. The molecule has 0 unspecified atom stereocenters. The van der Waals surface area contributed by atoms with Crippen molar-refractivity contribution in [2.45, 2.75) is 72.6 Å². The van der Waals surface area contributed by atoms with Gasteiger partial charge in [-0.2, -0.15) is 0 Å². The first kappa shape index (κ1) is 29.7. The molecule has 6 rings (SSSR count). The SMILES string of the molecule is CC.CC.CCNc1ncc2c(n1)-c1sc(C)nc1CO2.CCNc1ncc2c(n1)-c1sc(C)nc1CS2. The van der Waals surface area contributed by atoms with Crippen molar-refractivity contribution < 1.29 is 4.74 Å². The molecule has 204 valence electrons. The van der Waals surface area contributed by atoms with Crippen LogP contribution >= 0.6 is 34.4 Å². The molecule has 2 aliphatic heterocycles. The fourth-order valence-electron chi connectivity index (χ4n) is 3.56. The molecular weight excluding hydrogens is 537 g/mol. The first-order valence-corrected chi connectivity index (χ1v) is 15.6. The van der Waals surface area contributed by atoms with Crippen LogP contribution in [0.3, 0.4) is 0 Å². The Kier molecular flexibility index (Phi) is 11.2. The van der Waals surface area contributed by atoms with Gasteiger partial charge in [-0.25, -0.2) is 29.9 Å². The third kappa shape index (κ3) is 6.78. The third-order valence-corrected chi connectivity index (χ3v) is 8.01. The van der Waals surface area contributed by atoms with Crippen LogP contribution in [0.25, 0.3) is 21.1 Å². The van der Waals surface area contributed by atoms with Gasteiger partial charge < -0.3 is 15.4 Å². The predicted molar refractivity (Wildman–Crippen MR) is 161 cm³/mol. The maximum atomic E-state index is 5.59. The molecule has 0 atom stereocenters. The van der Waals surface area contributed by atoms with E-state index in [1.807, 2.05) is 61.6 Å². The fourth-order valence-corrected chi connectivity index (χ4v) is 6.49. The number of nitrogens with one attached hydrogen (secondary N) is 2. The first-order valence-electron chi connectivity index (χ1n) is 13.0. The van der Waals surface area contributed by atoms with Crippen LogP contribution < -0.4 is 15.4 Å². The number of rotatable bonds is 4. The van der Waals surface area contributed by atoms with E-state index in [9.17, 15) is 0 Å². The zero-order valence-corrected chi connectivity index (χ0v) is 25.7. The van der Waals surface area contributed by atoms with Crippen molar-refractivity contribution in [2.75, 3.05) is 23.7 Å². The fraction of sp³-hybridized carbons (Fsp3) is 0.462. The molecule has 0 bridgehead atoms. The van der Waals surface area contributed by atoms with Crippen LogP contribution in [0.2, 0.25) is 0 Å². The molecule has 9 nitrogen and oxygen atoms in total. The topological polar surface area (TPSA) is 111 Å². The van der Waals surface area contributed by atoms with Gasteiger partial charge in [0.2, 0.25) is 11.9 Å². The minimum atomic E-state index is 0.511. The van der Waals surface area contributed by atoms with Crippen LogP contribution in [-0.4, -0.2) is 43.0 Å². The second-order valence-corrected chi connectivity index (χ2v) is 10.9. The van der Waals surface area contributed by atoms with Crippen molar-refractivity contribution in [1.82, 2.24) is 29.9 Å². The first-order chi connectivity index (χ1) is 18.6. The molecule has 2 aliphatic rings. The molecule has 38 heavy (non-hydrogen) atoms. The molecule has 0 fully saturated rings. The van der Waals surface area contributed by atoms with E-state index in [0.717, 1.165) is 67.2 Å². The molecule has 4 aromatic rings. The highest BCUT2D eigenvalue weighted by atomic mass is 32.2. The van der Waals surface area contributed by atoms with Crippen molar-refractivity contribution in [3.8, 4) is 26.9 Å². The summed E-state index contributed by atoms with van der Waals surface area (Å²) in [5.41, 5.74) is 4.02. The maximum Gasteiger partial charge on any atom is 0.223 e. The van der Waals surface area contributed by atoms with Crippen molar-refractivity contribution >= 4 is 46.3 Å². The minimum Gasteiger partial charge on any atom is -0.483 e. The van der Waals surface area contributed by atoms with E-state index in [1.54, 1.807) is 40.6 Å². The molecule has 2 N–H and O–H groups in total. The van der Waals surface area contributed by atoms with Gasteiger partial charge in [-0.15, -0.1) is 34.4 Å². The Morgan fingerprint density at radius 1 is 0.763 bits per heavy atom. The lowest BCUT2D eigenvalue weighted by molar-refractivity contribution is 0.295. The quantitative estimate of drug-likeness (QED) is 0.260. The molecule has 0 aromatic carbocycles. The molecule has 0 saturated carbocycles. The Hall–Kier alpha value is -2.83. The van der Waals surface area contributed by atoms with Crippen LogP contribution in [0.5, 0.6) is 5.75 Å². The van der Waals surface area contributed by atoms with E-state index >= 15 is 0 Å². The van der Waals surface area contributed by atoms with Gasteiger partial charge in [0.1, 0.15) is 18.0 Å². The molecule has 12 heteroatoms. The second-order valence-electron chi connectivity index (χ2n) is 7.47. The number of fused-ring (bicyclic) bond motifs is 6. The summed E-state index contributed by atoms with van der Waals surface area (Å²) in [6, 6.07) is 0. The van der Waals surface area contributed by atoms with Crippen LogP contribution in [0.15, 0.2) is 17.3 Å². The number of hydrogen-bond acceptors (Lipinski definition) is 12. The average Bonchev–Trinajstić information content (AvgIpc) is 3.53. The maximum absolute atomic E-state index is 5.59. The zero-order chi connectivity index (χ0) is 27.7. The zero-order valence-electron chi connectivity index (χ0n) is 23.3. The molecular formula is C26H36N8OS3. The van der Waals surface area contributed by atoms with Crippen LogP contribution in [0, 0.1) is 13.8 Å². The summed E-state index contributed by atoms with van der Waals surface area (Å²) in [4.78, 5) is 30.0. The smallest absolute Gasteiger partial charge is 0.223 e. The van der Waals surface area contributed by atoms with Crippen molar-refractivity contribution in [3.05, 3.63) is 33.8 Å². The van der Waals surface area contributed by atoms with Gasteiger partial charge in [0.15, 0.2) is 5.75 Å². The normalized spacial score (nSPS) is 11.8. The van der Waals surface area contributed by atoms with Gasteiger partial charge >= 0.3 is 0 Å². The Bertz CT molecular complexity index is 1240. The van der Waals surface area contributed by atoms with Gasteiger partial charge in [-0.3, -0.25) is 0 Å². The monoisotopic (exact) mass is 572 g/mol. The number of thioether (sulfide) groups is 1. The number of thiazole rings is 2. The van der Waals surface area contributed by atoms with Gasteiger partial charge in [0, 0.05) is 25.0 Å². The summed E-state index contributed by atoms with van der Waals surface area (Å²) in [6.07, 6.45) is 3.63. The van der Waals surface area contributed by atoms with E-state index in [4.69, 9.17) is 4.74 Å². The van der Waals surface area contributed by atoms with E-state index in [-0.39, 0.29) is 0 Å². The van der Waals surface area contributed by atoms with E-state index in [2.05, 4.69) is 40.5 Å². The molecule has 0 amide bonds.